The maximum atomic E-state index is 12.2. The molecule has 0 aromatic rings. The Hall–Kier alpha value is -1.06. The summed E-state index contributed by atoms with van der Waals surface area (Å²) in [5, 5.41) is 0. The van der Waals surface area contributed by atoms with Gasteiger partial charge in [0.05, 0.1) is 25.6 Å². The molecule has 0 N–H and O–H groups in total. The molecule has 1 saturated carbocycles. The molecule has 0 bridgehead atoms. The minimum absolute atomic E-state index is 0.206. The molecule has 1 aliphatic carbocycles. The predicted octanol–water partition coefficient (Wildman–Crippen LogP) is 4.65. The molecule has 4 nitrogen and oxygen atoms in total. The van der Waals surface area contributed by atoms with Crippen LogP contribution in [0.15, 0.2) is 0 Å². The SMILES string of the molecule is CCCCCCCCCCOC(=O)C1CCCCC1C(=O)OC. The monoisotopic (exact) mass is 326 g/mol. The summed E-state index contributed by atoms with van der Waals surface area (Å²) >= 11 is 0. The normalized spacial score (nSPS) is 21.0. The van der Waals surface area contributed by atoms with Crippen LogP contribution in [0.2, 0.25) is 0 Å². The van der Waals surface area contributed by atoms with Crippen LogP contribution in [0.1, 0.15) is 84.0 Å². The van der Waals surface area contributed by atoms with E-state index in [4.69, 9.17) is 9.47 Å². The molecule has 1 aliphatic rings. The second-order valence-corrected chi connectivity index (χ2v) is 6.66. The molecule has 0 aromatic heterocycles. The van der Waals surface area contributed by atoms with E-state index in [0.29, 0.717) is 6.61 Å². The zero-order valence-corrected chi connectivity index (χ0v) is 15.0. The number of methoxy groups -OCH3 is 1. The summed E-state index contributed by atoms with van der Waals surface area (Å²) in [6.07, 6.45) is 13.3. The molecule has 0 aliphatic heterocycles. The number of esters is 2. The Balaban J connectivity index is 2.13. The summed E-state index contributed by atoms with van der Waals surface area (Å²) < 4.78 is 10.2. The van der Waals surface area contributed by atoms with Gasteiger partial charge in [-0.2, -0.15) is 0 Å². The molecule has 23 heavy (non-hydrogen) atoms. The van der Waals surface area contributed by atoms with Gasteiger partial charge in [-0.3, -0.25) is 9.59 Å². The van der Waals surface area contributed by atoms with Crippen molar-refractivity contribution in [3.05, 3.63) is 0 Å². The van der Waals surface area contributed by atoms with Crippen LogP contribution in [0.3, 0.4) is 0 Å². The number of rotatable bonds is 11. The molecule has 1 fully saturated rings. The van der Waals surface area contributed by atoms with E-state index in [0.717, 1.165) is 38.5 Å². The van der Waals surface area contributed by atoms with Crippen LogP contribution in [-0.4, -0.2) is 25.7 Å². The van der Waals surface area contributed by atoms with E-state index in [-0.39, 0.29) is 23.8 Å². The van der Waals surface area contributed by atoms with Gasteiger partial charge in [-0.1, -0.05) is 64.7 Å². The van der Waals surface area contributed by atoms with Gasteiger partial charge in [0.2, 0.25) is 0 Å². The average Bonchev–Trinajstić information content (AvgIpc) is 2.59. The van der Waals surface area contributed by atoms with E-state index in [2.05, 4.69) is 6.92 Å². The molecular weight excluding hydrogens is 292 g/mol. The van der Waals surface area contributed by atoms with Gasteiger partial charge in [-0.25, -0.2) is 0 Å². The topological polar surface area (TPSA) is 52.6 Å². The molecule has 134 valence electrons. The number of hydrogen-bond donors (Lipinski definition) is 0. The second kappa shape index (κ2) is 12.4. The van der Waals surface area contributed by atoms with Crippen LogP contribution >= 0.6 is 0 Å². The first-order valence-corrected chi connectivity index (χ1v) is 9.45. The number of carbonyl (C=O) groups excluding carboxylic acids is 2. The molecule has 4 heteroatoms. The van der Waals surface area contributed by atoms with Gasteiger partial charge < -0.3 is 9.47 Å². The third-order valence-corrected chi connectivity index (χ3v) is 4.81. The average molecular weight is 326 g/mol. The van der Waals surface area contributed by atoms with Crippen molar-refractivity contribution >= 4 is 11.9 Å². The Bertz CT molecular complexity index is 340. The highest BCUT2D eigenvalue weighted by Crippen LogP contribution is 2.31. The standard InChI is InChI=1S/C19H34O4/c1-3-4-5-6-7-8-9-12-15-23-19(21)17-14-11-10-13-16(17)18(20)22-2/h16-17H,3-15H2,1-2H3. The number of carbonyl (C=O) groups is 2. The number of ether oxygens (including phenoxy) is 2. The molecule has 0 saturated heterocycles. The van der Waals surface area contributed by atoms with Crippen LogP contribution in [0.25, 0.3) is 0 Å². The fourth-order valence-electron chi connectivity index (χ4n) is 3.36. The molecule has 1 rings (SSSR count). The van der Waals surface area contributed by atoms with E-state index in [1.807, 2.05) is 0 Å². The molecule has 0 spiro atoms. The highest BCUT2D eigenvalue weighted by Gasteiger charge is 2.37. The van der Waals surface area contributed by atoms with E-state index in [1.54, 1.807) is 0 Å². The van der Waals surface area contributed by atoms with Crippen molar-refractivity contribution in [3.63, 3.8) is 0 Å². The van der Waals surface area contributed by atoms with Gasteiger partial charge >= 0.3 is 11.9 Å². The van der Waals surface area contributed by atoms with Crippen molar-refractivity contribution in [2.75, 3.05) is 13.7 Å². The van der Waals surface area contributed by atoms with Crippen LogP contribution in [0, 0.1) is 11.8 Å². The van der Waals surface area contributed by atoms with Crippen LogP contribution in [0.5, 0.6) is 0 Å². The van der Waals surface area contributed by atoms with Gasteiger partial charge in [-0.15, -0.1) is 0 Å². The van der Waals surface area contributed by atoms with Crippen molar-refractivity contribution < 1.29 is 19.1 Å². The Kier molecular flexibility index (Phi) is 10.8. The van der Waals surface area contributed by atoms with Crippen molar-refractivity contribution in [3.8, 4) is 0 Å². The van der Waals surface area contributed by atoms with Crippen molar-refractivity contribution in [2.24, 2.45) is 11.8 Å². The van der Waals surface area contributed by atoms with Crippen molar-refractivity contribution in [2.45, 2.75) is 84.0 Å². The third kappa shape index (κ3) is 7.85. The third-order valence-electron chi connectivity index (χ3n) is 4.81. The van der Waals surface area contributed by atoms with Gasteiger partial charge in [0.25, 0.3) is 0 Å². The van der Waals surface area contributed by atoms with Gasteiger partial charge in [-0.05, 0) is 19.3 Å². The lowest BCUT2D eigenvalue weighted by atomic mass is 9.79. The van der Waals surface area contributed by atoms with E-state index in [1.165, 1.54) is 45.6 Å². The minimum Gasteiger partial charge on any atom is -0.469 e. The van der Waals surface area contributed by atoms with Gasteiger partial charge in [0, 0.05) is 0 Å². The first-order valence-electron chi connectivity index (χ1n) is 9.45. The number of unbranched alkanes of at least 4 members (excludes halogenated alkanes) is 7. The predicted molar refractivity (Wildman–Crippen MR) is 91.0 cm³/mol. The highest BCUT2D eigenvalue weighted by molar-refractivity contribution is 5.82. The Morgan fingerprint density at radius 1 is 0.826 bits per heavy atom. The molecule has 2 atom stereocenters. The Morgan fingerprint density at radius 3 is 1.91 bits per heavy atom. The van der Waals surface area contributed by atoms with Gasteiger partial charge in [0.1, 0.15) is 0 Å². The second-order valence-electron chi connectivity index (χ2n) is 6.66. The quantitative estimate of drug-likeness (QED) is 0.410. The summed E-state index contributed by atoms with van der Waals surface area (Å²) in [7, 11) is 1.39. The molecule has 0 amide bonds. The summed E-state index contributed by atoms with van der Waals surface area (Å²) in [4.78, 5) is 24.0. The minimum atomic E-state index is -0.306. The molecule has 0 radical (unpaired) electrons. The summed E-state index contributed by atoms with van der Waals surface area (Å²) in [6.45, 7) is 2.71. The molecule has 0 aromatic carbocycles. The lowest BCUT2D eigenvalue weighted by molar-refractivity contribution is -0.161. The smallest absolute Gasteiger partial charge is 0.309 e. The molecular formula is C19H34O4. The molecule has 2 unspecified atom stereocenters. The lowest BCUT2D eigenvalue weighted by Gasteiger charge is -2.27. The van der Waals surface area contributed by atoms with E-state index in [9.17, 15) is 9.59 Å². The largest absolute Gasteiger partial charge is 0.469 e. The van der Waals surface area contributed by atoms with Crippen LogP contribution in [0.4, 0.5) is 0 Å². The fraction of sp³-hybridized carbons (Fsp3) is 0.895. The summed E-state index contributed by atoms with van der Waals surface area (Å²) in [5.41, 5.74) is 0. The Labute approximate surface area is 141 Å². The van der Waals surface area contributed by atoms with Crippen molar-refractivity contribution in [1.82, 2.24) is 0 Å². The molecule has 0 heterocycles. The van der Waals surface area contributed by atoms with Crippen LogP contribution < -0.4 is 0 Å². The van der Waals surface area contributed by atoms with Crippen molar-refractivity contribution in [1.29, 1.82) is 0 Å². The lowest BCUT2D eigenvalue weighted by Crippen LogP contribution is -2.34. The summed E-state index contributed by atoms with van der Waals surface area (Å²) in [5.74, 6) is -1.08. The first-order chi connectivity index (χ1) is 11.2. The van der Waals surface area contributed by atoms with E-state index < -0.39 is 0 Å². The van der Waals surface area contributed by atoms with E-state index >= 15 is 0 Å². The maximum absolute atomic E-state index is 12.2. The maximum Gasteiger partial charge on any atom is 0.309 e. The zero-order valence-electron chi connectivity index (χ0n) is 15.0. The zero-order chi connectivity index (χ0) is 16.9. The summed E-state index contributed by atoms with van der Waals surface area (Å²) in [6, 6.07) is 0. The highest BCUT2D eigenvalue weighted by atomic mass is 16.5. The van der Waals surface area contributed by atoms with Gasteiger partial charge in [0.15, 0.2) is 0 Å². The first kappa shape index (κ1) is 20.0. The fourth-order valence-corrected chi connectivity index (χ4v) is 3.36. The Morgan fingerprint density at radius 2 is 1.35 bits per heavy atom. The number of hydrogen-bond acceptors (Lipinski definition) is 4. The van der Waals surface area contributed by atoms with Crippen LogP contribution in [-0.2, 0) is 19.1 Å².